The molecule has 1 aliphatic heterocycles. The molecule has 2 saturated carbocycles. The number of rotatable bonds is 5. The Hall–Kier alpha value is -3.16. The van der Waals surface area contributed by atoms with Gasteiger partial charge >= 0.3 is 17.9 Å². The van der Waals surface area contributed by atoms with Gasteiger partial charge in [-0.05, 0) is 56.6 Å². The van der Waals surface area contributed by atoms with Gasteiger partial charge in [0.1, 0.15) is 18.0 Å². The molecule has 3 fully saturated rings. The molecule has 0 spiro atoms. The molecule has 0 amide bonds. The number of allylic oxidation sites excluding steroid dienone is 2. The van der Waals surface area contributed by atoms with E-state index in [2.05, 4.69) is 6.92 Å². The van der Waals surface area contributed by atoms with Crippen LogP contribution in [0.4, 0.5) is 0 Å². The number of carbonyl (C=O) groups excluding carboxylic acids is 4. The molecule has 0 N–H and O–H groups in total. The summed E-state index contributed by atoms with van der Waals surface area (Å²) in [5.74, 6) is -2.32. The van der Waals surface area contributed by atoms with Gasteiger partial charge in [0.05, 0.1) is 32.0 Å². The third kappa shape index (κ3) is 4.00. The van der Waals surface area contributed by atoms with Crippen molar-refractivity contribution in [1.82, 2.24) is 0 Å². The van der Waals surface area contributed by atoms with E-state index in [1.807, 2.05) is 26.8 Å². The molecule has 2 bridgehead atoms. The number of Topliss-reactive ketones (excluding diaryl/α,β-unsaturated/α-hetero) is 1. The van der Waals surface area contributed by atoms with Gasteiger partial charge in [0.15, 0.2) is 0 Å². The monoisotopic (exact) mass is 552 g/mol. The second-order valence-corrected chi connectivity index (χ2v) is 13.0. The first-order valence-electron chi connectivity index (χ1n) is 14.2. The molecule has 5 rings (SSSR count). The molecule has 2 heterocycles. The summed E-state index contributed by atoms with van der Waals surface area (Å²) in [6, 6.07) is 1.83. The van der Waals surface area contributed by atoms with Crippen molar-refractivity contribution in [3.63, 3.8) is 0 Å². The Balaban J connectivity index is 1.68. The number of fused-ring (bicyclic) bond motifs is 5. The normalized spacial score (nSPS) is 36.8. The van der Waals surface area contributed by atoms with Crippen LogP contribution in [-0.2, 0) is 33.4 Å². The maximum atomic E-state index is 14.5. The molecule has 0 aromatic carbocycles. The Morgan fingerprint density at radius 1 is 1.18 bits per heavy atom. The highest BCUT2D eigenvalue weighted by molar-refractivity contribution is 5.93. The Kier molecular flexibility index (Phi) is 6.91. The predicted octanol–water partition coefficient (Wildman–Crippen LogP) is 5.67. The van der Waals surface area contributed by atoms with Crippen molar-refractivity contribution in [1.29, 1.82) is 0 Å². The zero-order chi connectivity index (χ0) is 29.2. The van der Waals surface area contributed by atoms with Crippen LogP contribution in [0.2, 0.25) is 0 Å². The van der Waals surface area contributed by atoms with Crippen LogP contribution in [0, 0.1) is 34.0 Å². The van der Waals surface area contributed by atoms with Gasteiger partial charge in [0, 0.05) is 33.8 Å². The molecule has 8 nitrogen and oxygen atoms in total. The topological polar surface area (TPSA) is 109 Å². The zero-order valence-corrected chi connectivity index (χ0v) is 24.5. The molecule has 0 radical (unpaired) electrons. The van der Waals surface area contributed by atoms with E-state index in [-0.39, 0.29) is 30.5 Å². The quantitative estimate of drug-likeness (QED) is 0.199. The van der Waals surface area contributed by atoms with E-state index in [0.717, 1.165) is 23.1 Å². The van der Waals surface area contributed by atoms with Gasteiger partial charge in [-0.15, -0.1) is 0 Å². The standard InChI is InChI=1S/C32H40O8/c1-8-17(2)29(36)40-28-20-13-19-21(32(6,26(20)35)23(30(28,3)4)15-24(33)37-7)9-11-31(5)22(19)14-25(34)39-27(31)18-10-12-38-16-18/h8,10,12,16,20-21,23,27-28H,9,11,13-15H2,1-7H3/t20-,21+,23+,27+,28-,31-,32-/m1/s1. The number of ketones is 1. The summed E-state index contributed by atoms with van der Waals surface area (Å²) in [5, 5.41) is 0. The summed E-state index contributed by atoms with van der Waals surface area (Å²) in [6.45, 7) is 11.6. The first-order chi connectivity index (χ1) is 18.8. The molecule has 4 aliphatic rings. The summed E-state index contributed by atoms with van der Waals surface area (Å²) in [7, 11) is 1.35. The number of carbonyl (C=O) groups is 4. The van der Waals surface area contributed by atoms with Gasteiger partial charge < -0.3 is 18.6 Å². The van der Waals surface area contributed by atoms with Crippen molar-refractivity contribution in [2.75, 3.05) is 7.11 Å². The molecule has 1 aromatic heterocycles. The van der Waals surface area contributed by atoms with E-state index in [0.29, 0.717) is 18.4 Å². The molecule has 7 atom stereocenters. The maximum absolute atomic E-state index is 14.5. The van der Waals surface area contributed by atoms with Gasteiger partial charge in [0.2, 0.25) is 0 Å². The van der Waals surface area contributed by atoms with Crippen molar-refractivity contribution in [2.45, 2.75) is 85.9 Å². The average Bonchev–Trinajstić information content (AvgIpc) is 3.45. The summed E-state index contributed by atoms with van der Waals surface area (Å²) >= 11 is 0. The fourth-order valence-corrected chi connectivity index (χ4v) is 8.52. The number of hydrogen-bond acceptors (Lipinski definition) is 8. The maximum Gasteiger partial charge on any atom is 0.333 e. The predicted molar refractivity (Wildman–Crippen MR) is 144 cm³/mol. The van der Waals surface area contributed by atoms with E-state index in [1.54, 1.807) is 32.4 Å². The second-order valence-electron chi connectivity index (χ2n) is 13.0. The Labute approximate surface area is 235 Å². The average molecular weight is 553 g/mol. The highest BCUT2D eigenvalue weighted by Gasteiger charge is 2.68. The van der Waals surface area contributed by atoms with Crippen molar-refractivity contribution < 1.29 is 37.8 Å². The van der Waals surface area contributed by atoms with E-state index >= 15 is 0 Å². The number of methoxy groups -OCH3 is 1. The largest absolute Gasteiger partial charge is 0.472 e. The van der Waals surface area contributed by atoms with Gasteiger partial charge in [-0.1, -0.05) is 39.3 Å². The molecule has 1 saturated heterocycles. The lowest BCUT2D eigenvalue weighted by Crippen LogP contribution is -2.66. The number of furan rings is 1. The van der Waals surface area contributed by atoms with Gasteiger partial charge in [-0.2, -0.15) is 0 Å². The number of hydrogen-bond donors (Lipinski definition) is 0. The first kappa shape index (κ1) is 28.4. The van der Waals surface area contributed by atoms with Crippen LogP contribution in [0.1, 0.15) is 85.3 Å². The second kappa shape index (κ2) is 9.74. The number of esters is 3. The molecule has 3 aliphatic carbocycles. The van der Waals surface area contributed by atoms with Crippen molar-refractivity contribution in [3.05, 3.63) is 47.0 Å². The van der Waals surface area contributed by atoms with E-state index in [1.165, 1.54) is 7.11 Å². The van der Waals surface area contributed by atoms with Crippen LogP contribution >= 0.6 is 0 Å². The van der Waals surface area contributed by atoms with Crippen LogP contribution in [0.15, 0.2) is 45.8 Å². The van der Waals surface area contributed by atoms with Gasteiger partial charge in [-0.25, -0.2) is 4.79 Å². The summed E-state index contributed by atoms with van der Waals surface area (Å²) in [5.41, 5.74) is 1.32. The molecule has 216 valence electrons. The Morgan fingerprint density at radius 2 is 1.90 bits per heavy atom. The van der Waals surface area contributed by atoms with Gasteiger partial charge in [0.25, 0.3) is 0 Å². The number of cyclic esters (lactones) is 1. The lowest BCUT2D eigenvalue weighted by Gasteiger charge is -2.63. The number of ether oxygens (including phenoxy) is 3. The lowest BCUT2D eigenvalue weighted by atomic mass is 9.40. The molecular formula is C32H40O8. The van der Waals surface area contributed by atoms with E-state index in [4.69, 9.17) is 18.6 Å². The first-order valence-corrected chi connectivity index (χ1v) is 14.2. The third-order valence-corrected chi connectivity index (χ3v) is 10.8. The molecule has 0 unspecified atom stereocenters. The minimum absolute atomic E-state index is 0.0272. The Morgan fingerprint density at radius 3 is 2.52 bits per heavy atom. The molecule has 1 aromatic rings. The lowest BCUT2D eigenvalue weighted by molar-refractivity contribution is -0.197. The molecule has 40 heavy (non-hydrogen) atoms. The zero-order valence-electron chi connectivity index (χ0n) is 24.5. The fraction of sp³-hybridized carbons (Fsp3) is 0.625. The highest BCUT2D eigenvalue weighted by atomic mass is 16.6. The van der Waals surface area contributed by atoms with Crippen LogP contribution < -0.4 is 0 Å². The highest BCUT2D eigenvalue weighted by Crippen LogP contribution is 2.68. The summed E-state index contributed by atoms with van der Waals surface area (Å²) in [6.07, 6.45) is 5.69. The molecule has 8 heteroatoms. The summed E-state index contributed by atoms with van der Waals surface area (Å²) < 4.78 is 22.5. The third-order valence-electron chi connectivity index (χ3n) is 10.8. The minimum Gasteiger partial charge on any atom is -0.472 e. The van der Waals surface area contributed by atoms with Crippen molar-refractivity contribution in [3.8, 4) is 0 Å². The van der Waals surface area contributed by atoms with Crippen LogP contribution in [-0.4, -0.2) is 36.9 Å². The minimum atomic E-state index is -0.894. The fourth-order valence-electron chi connectivity index (χ4n) is 8.52. The van der Waals surface area contributed by atoms with E-state index < -0.39 is 52.2 Å². The van der Waals surface area contributed by atoms with Crippen LogP contribution in [0.3, 0.4) is 0 Å². The Bertz CT molecular complexity index is 1300. The smallest absolute Gasteiger partial charge is 0.333 e. The van der Waals surface area contributed by atoms with Crippen LogP contribution in [0.25, 0.3) is 0 Å². The van der Waals surface area contributed by atoms with E-state index in [9.17, 15) is 19.2 Å². The van der Waals surface area contributed by atoms with Crippen molar-refractivity contribution >= 4 is 23.7 Å². The van der Waals surface area contributed by atoms with Gasteiger partial charge in [-0.3, -0.25) is 14.4 Å². The molecular weight excluding hydrogens is 512 g/mol. The van der Waals surface area contributed by atoms with Crippen LogP contribution in [0.5, 0.6) is 0 Å². The van der Waals surface area contributed by atoms with Crippen molar-refractivity contribution in [2.24, 2.45) is 34.0 Å². The SMILES string of the molecule is CC=C(C)C(=O)O[C@@H]1[C@@H]2CC3=C4CC(=O)O[C@@H](c5ccoc5)[C@]4(C)CC[C@@H]3[C@@](C)(C2=O)[C@@H](CC(=O)OC)C1(C)C. The summed E-state index contributed by atoms with van der Waals surface area (Å²) in [4.78, 5) is 53.3.